The van der Waals surface area contributed by atoms with E-state index in [9.17, 15) is 0 Å². The third-order valence-electron chi connectivity index (χ3n) is 2.67. The predicted molar refractivity (Wildman–Crippen MR) is 68.9 cm³/mol. The first-order valence-electron chi connectivity index (χ1n) is 6.00. The topological polar surface area (TPSA) is 42.2 Å². The van der Waals surface area contributed by atoms with Gasteiger partial charge in [-0.25, -0.2) is 0 Å². The fourth-order valence-corrected chi connectivity index (χ4v) is 1.71. The summed E-state index contributed by atoms with van der Waals surface area (Å²) in [4.78, 5) is 0. The van der Waals surface area contributed by atoms with Crippen molar-refractivity contribution in [3.63, 3.8) is 0 Å². The average molecular weight is 232 g/mol. The summed E-state index contributed by atoms with van der Waals surface area (Å²) in [6.07, 6.45) is 2.00. The predicted octanol–water partition coefficient (Wildman–Crippen LogP) is 2.43. The van der Waals surface area contributed by atoms with Crippen LogP contribution in [0.1, 0.15) is 39.6 Å². The number of pyridine rings is 1. The molecule has 2 aromatic rings. The van der Waals surface area contributed by atoms with E-state index >= 15 is 0 Å². The Morgan fingerprint density at radius 3 is 2.76 bits per heavy atom. The number of fused-ring (bicyclic) bond motifs is 1. The largest absolute Gasteiger partial charge is 0.307 e. The quantitative estimate of drug-likeness (QED) is 0.883. The summed E-state index contributed by atoms with van der Waals surface area (Å²) >= 11 is 0. The molecule has 1 N–H and O–H groups in total. The van der Waals surface area contributed by atoms with E-state index < -0.39 is 0 Å². The first-order chi connectivity index (χ1) is 7.97. The van der Waals surface area contributed by atoms with Crippen molar-refractivity contribution in [2.75, 3.05) is 6.54 Å². The number of nitrogens with one attached hydrogen (secondary N) is 1. The van der Waals surface area contributed by atoms with E-state index in [1.54, 1.807) is 0 Å². The molecule has 0 aromatic carbocycles. The molecule has 2 heterocycles. The van der Waals surface area contributed by atoms with Gasteiger partial charge in [-0.3, -0.25) is 4.40 Å². The molecular formula is C13H20N4. The van der Waals surface area contributed by atoms with Crippen LogP contribution in [0.5, 0.6) is 0 Å². The first-order valence-corrected chi connectivity index (χ1v) is 6.00. The lowest BCUT2D eigenvalue weighted by Crippen LogP contribution is -2.30. The SMILES string of the molecule is CC(NCC(C)(C)C)c1nnc2ccccn12. The van der Waals surface area contributed by atoms with Crippen molar-refractivity contribution in [2.24, 2.45) is 5.41 Å². The number of rotatable bonds is 3. The molecule has 17 heavy (non-hydrogen) atoms. The van der Waals surface area contributed by atoms with E-state index in [1.165, 1.54) is 0 Å². The Balaban J connectivity index is 2.16. The molecule has 4 heteroatoms. The summed E-state index contributed by atoms with van der Waals surface area (Å²) in [7, 11) is 0. The van der Waals surface area contributed by atoms with Gasteiger partial charge in [-0.1, -0.05) is 26.8 Å². The van der Waals surface area contributed by atoms with E-state index in [-0.39, 0.29) is 11.5 Å². The van der Waals surface area contributed by atoms with Gasteiger partial charge >= 0.3 is 0 Å². The molecule has 0 saturated carbocycles. The van der Waals surface area contributed by atoms with Crippen molar-refractivity contribution in [2.45, 2.75) is 33.7 Å². The van der Waals surface area contributed by atoms with Gasteiger partial charge in [-0.05, 0) is 24.5 Å². The average Bonchev–Trinajstić information content (AvgIpc) is 2.68. The second-order valence-corrected chi connectivity index (χ2v) is 5.65. The Bertz CT molecular complexity index is 495. The molecule has 2 aromatic heterocycles. The zero-order valence-electron chi connectivity index (χ0n) is 10.9. The van der Waals surface area contributed by atoms with Crippen LogP contribution in [-0.4, -0.2) is 21.1 Å². The monoisotopic (exact) mass is 232 g/mol. The van der Waals surface area contributed by atoms with Crippen molar-refractivity contribution < 1.29 is 0 Å². The highest BCUT2D eigenvalue weighted by Crippen LogP contribution is 2.15. The smallest absolute Gasteiger partial charge is 0.160 e. The van der Waals surface area contributed by atoms with E-state index in [0.717, 1.165) is 18.0 Å². The molecule has 0 amide bonds. The maximum Gasteiger partial charge on any atom is 0.160 e. The number of hydrogen-bond donors (Lipinski definition) is 1. The van der Waals surface area contributed by atoms with Crippen LogP contribution in [0.15, 0.2) is 24.4 Å². The van der Waals surface area contributed by atoms with Gasteiger partial charge in [0.2, 0.25) is 0 Å². The Labute approximate surface area is 102 Å². The van der Waals surface area contributed by atoms with Gasteiger partial charge in [0.25, 0.3) is 0 Å². The molecule has 0 saturated heterocycles. The van der Waals surface area contributed by atoms with Gasteiger partial charge in [0, 0.05) is 12.7 Å². The third kappa shape index (κ3) is 2.82. The highest BCUT2D eigenvalue weighted by Gasteiger charge is 2.16. The fourth-order valence-electron chi connectivity index (χ4n) is 1.71. The zero-order valence-corrected chi connectivity index (χ0v) is 10.9. The summed E-state index contributed by atoms with van der Waals surface area (Å²) in [5.74, 6) is 0.963. The highest BCUT2D eigenvalue weighted by molar-refractivity contribution is 5.37. The molecule has 0 aliphatic rings. The highest BCUT2D eigenvalue weighted by atomic mass is 15.3. The van der Waals surface area contributed by atoms with Gasteiger partial charge < -0.3 is 5.32 Å². The maximum absolute atomic E-state index is 4.25. The van der Waals surface area contributed by atoms with Crippen LogP contribution < -0.4 is 5.32 Å². The molecule has 2 rings (SSSR count). The van der Waals surface area contributed by atoms with Gasteiger partial charge in [0.05, 0.1) is 6.04 Å². The number of aromatic nitrogens is 3. The van der Waals surface area contributed by atoms with E-state index in [1.807, 2.05) is 28.8 Å². The molecule has 0 aliphatic heterocycles. The van der Waals surface area contributed by atoms with Crippen LogP contribution in [0, 0.1) is 5.41 Å². The molecule has 92 valence electrons. The lowest BCUT2D eigenvalue weighted by molar-refractivity contribution is 0.354. The summed E-state index contributed by atoms with van der Waals surface area (Å²) in [6, 6.07) is 6.14. The molecule has 0 spiro atoms. The molecule has 4 nitrogen and oxygen atoms in total. The van der Waals surface area contributed by atoms with Crippen LogP contribution in [0.4, 0.5) is 0 Å². The third-order valence-corrected chi connectivity index (χ3v) is 2.67. The molecule has 1 unspecified atom stereocenters. The molecule has 0 radical (unpaired) electrons. The summed E-state index contributed by atoms with van der Waals surface area (Å²) < 4.78 is 2.03. The van der Waals surface area contributed by atoms with Crippen LogP contribution in [-0.2, 0) is 0 Å². The standard InChI is InChI=1S/C13H20N4/c1-10(14-9-13(2,3)4)12-16-15-11-7-5-6-8-17(11)12/h5-8,10,14H,9H2,1-4H3. The normalized spacial score (nSPS) is 14.1. The fraction of sp³-hybridized carbons (Fsp3) is 0.538. The van der Waals surface area contributed by atoms with Crippen molar-refractivity contribution >= 4 is 5.65 Å². The summed E-state index contributed by atoms with van der Waals surface area (Å²) in [5.41, 5.74) is 1.17. The van der Waals surface area contributed by atoms with Crippen LogP contribution in [0.25, 0.3) is 5.65 Å². The van der Waals surface area contributed by atoms with Crippen molar-refractivity contribution in [1.82, 2.24) is 19.9 Å². The van der Waals surface area contributed by atoms with Gasteiger partial charge in [-0.15, -0.1) is 10.2 Å². The number of nitrogens with zero attached hydrogens (tertiary/aromatic N) is 3. The van der Waals surface area contributed by atoms with Crippen LogP contribution >= 0.6 is 0 Å². The Morgan fingerprint density at radius 2 is 2.06 bits per heavy atom. The van der Waals surface area contributed by atoms with E-state index in [0.29, 0.717) is 0 Å². The maximum atomic E-state index is 4.25. The van der Waals surface area contributed by atoms with E-state index in [4.69, 9.17) is 0 Å². The Morgan fingerprint density at radius 1 is 1.29 bits per heavy atom. The molecule has 1 atom stereocenters. The van der Waals surface area contributed by atoms with Crippen molar-refractivity contribution in [3.05, 3.63) is 30.2 Å². The van der Waals surface area contributed by atoms with Crippen molar-refractivity contribution in [1.29, 1.82) is 0 Å². The first kappa shape index (κ1) is 12.0. The molecule has 0 aliphatic carbocycles. The van der Waals surface area contributed by atoms with Gasteiger partial charge in [0.1, 0.15) is 0 Å². The summed E-state index contributed by atoms with van der Waals surface area (Å²) in [5, 5.41) is 11.9. The zero-order chi connectivity index (χ0) is 12.5. The minimum Gasteiger partial charge on any atom is -0.307 e. The minimum absolute atomic E-state index is 0.201. The minimum atomic E-state index is 0.201. The second-order valence-electron chi connectivity index (χ2n) is 5.65. The van der Waals surface area contributed by atoms with Crippen molar-refractivity contribution in [3.8, 4) is 0 Å². The van der Waals surface area contributed by atoms with Gasteiger partial charge in [-0.2, -0.15) is 0 Å². The molecule has 0 fully saturated rings. The molecular weight excluding hydrogens is 212 g/mol. The molecule has 0 bridgehead atoms. The summed E-state index contributed by atoms with van der Waals surface area (Å²) in [6.45, 7) is 9.73. The van der Waals surface area contributed by atoms with Crippen LogP contribution in [0.2, 0.25) is 0 Å². The van der Waals surface area contributed by atoms with Crippen LogP contribution in [0.3, 0.4) is 0 Å². The van der Waals surface area contributed by atoms with Gasteiger partial charge in [0.15, 0.2) is 11.5 Å². The lowest BCUT2D eigenvalue weighted by atomic mass is 9.96. The Kier molecular flexibility index (Phi) is 3.15. The second kappa shape index (κ2) is 4.45. The Hall–Kier alpha value is -1.42. The van der Waals surface area contributed by atoms with E-state index in [2.05, 4.69) is 43.2 Å². The lowest BCUT2D eigenvalue weighted by Gasteiger charge is -2.21. The number of hydrogen-bond acceptors (Lipinski definition) is 3.